The van der Waals surface area contributed by atoms with Gasteiger partial charge in [0, 0.05) is 39.4 Å². The summed E-state index contributed by atoms with van der Waals surface area (Å²) in [6, 6.07) is 8.50. The van der Waals surface area contributed by atoms with Gasteiger partial charge in [0.2, 0.25) is 0 Å². The molecule has 0 radical (unpaired) electrons. The van der Waals surface area contributed by atoms with Crippen molar-refractivity contribution in [3.8, 4) is 0 Å². The van der Waals surface area contributed by atoms with E-state index >= 15 is 0 Å². The molecule has 1 N–H and O–H groups in total. The number of piperidine rings is 1. The minimum Gasteiger partial charge on any atom is -0.396 e. The topological polar surface area (TPSA) is 52.5 Å². The summed E-state index contributed by atoms with van der Waals surface area (Å²) in [5, 5.41) is 9.44. The molecule has 1 aliphatic rings. The molecule has 1 aromatic heterocycles. The van der Waals surface area contributed by atoms with Crippen molar-refractivity contribution in [1.29, 1.82) is 0 Å². The lowest BCUT2D eigenvalue weighted by Crippen LogP contribution is -2.37. The summed E-state index contributed by atoms with van der Waals surface area (Å²) in [6.07, 6.45) is 3.84. The highest BCUT2D eigenvalue weighted by Gasteiger charge is 2.21. The number of benzene rings is 1. The predicted molar refractivity (Wildman–Crippen MR) is 102 cm³/mol. The standard InChI is InChI=1S/C20H28N4O/c1-15-6-4-8-18(16(15)2)12-23(3)19-10-20(22-14-21-19)24-9-5-7-17(11-24)13-25/h4,6,8,10,14,17,25H,5,7,9,11-13H2,1-3H3. The molecule has 1 fully saturated rings. The lowest BCUT2D eigenvalue weighted by molar-refractivity contribution is 0.208. The molecule has 0 saturated carbocycles. The number of nitrogens with zero attached hydrogens (tertiary/aromatic N) is 4. The SMILES string of the molecule is Cc1cccc(CN(C)c2cc(N3CCCC(CO)C3)ncn2)c1C. The zero-order valence-corrected chi connectivity index (χ0v) is 15.4. The molecule has 1 unspecified atom stereocenters. The number of rotatable bonds is 5. The van der Waals surface area contributed by atoms with Gasteiger partial charge in [-0.25, -0.2) is 9.97 Å². The van der Waals surface area contributed by atoms with Crippen LogP contribution in [0.2, 0.25) is 0 Å². The third-order valence-electron chi connectivity index (χ3n) is 5.25. The van der Waals surface area contributed by atoms with Crippen molar-refractivity contribution < 1.29 is 5.11 Å². The van der Waals surface area contributed by atoms with E-state index in [9.17, 15) is 5.11 Å². The summed E-state index contributed by atoms with van der Waals surface area (Å²) in [6.45, 7) is 7.26. The van der Waals surface area contributed by atoms with Crippen LogP contribution in [0.25, 0.3) is 0 Å². The number of anilines is 2. The number of aromatic nitrogens is 2. The maximum absolute atomic E-state index is 9.44. The molecule has 0 aliphatic carbocycles. The Morgan fingerprint density at radius 3 is 2.92 bits per heavy atom. The van der Waals surface area contributed by atoms with Crippen molar-refractivity contribution in [1.82, 2.24) is 9.97 Å². The number of hydrogen-bond acceptors (Lipinski definition) is 5. The van der Waals surface area contributed by atoms with Crippen LogP contribution >= 0.6 is 0 Å². The van der Waals surface area contributed by atoms with E-state index in [0.717, 1.165) is 44.1 Å². The zero-order chi connectivity index (χ0) is 17.8. The highest BCUT2D eigenvalue weighted by atomic mass is 16.3. The van der Waals surface area contributed by atoms with E-state index < -0.39 is 0 Å². The fraction of sp³-hybridized carbons (Fsp3) is 0.500. The van der Waals surface area contributed by atoms with Crippen molar-refractivity contribution in [2.45, 2.75) is 33.2 Å². The van der Waals surface area contributed by atoms with E-state index in [2.05, 4.69) is 64.9 Å². The molecule has 0 amide bonds. The first-order chi connectivity index (χ1) is 12.1. The van der Waals surface area contributed by atoms with Gasteiger partial charge in [-0.2, -0.15) is 0 Å². The molecule has 134 valence electrons. The van der Waals surface area contributed by atoms with Gasteiger partial charge in [0.1, 0.15) is 18.0 Å². The highest BCUT2D eigenvalue weighted by molar-refractivity contribution is 5.50. The van der Waals surface area contributed by atoms with Crippen LogP contribution in [0.1, 0.15) is 29.5 Å². The molecule has 1 saturated heterocycles. The van der Waals surface area contributed by atoms with E-state index in [0.29, 0.717) is 5.92 Å². The molecular formula is C20H28N4O. The van der Waals surface area contributed by atoms with Crippen LogP contribution in [0, 0.1) is 19.8 Å². The van der Waals surface area contributed by atoms with Gasteiger partial charge in [-0.05, 0) is 49.3 Å². The molecule has 25 heavy (non-hydrogen) atoms. The Hall–Kier alpha value is -2.14. The van der Waals surface area contributed by atoms with E-state index in [1.807, 2.05) is 0 Å². The van der Waals surface area contributed by atoms with Crippen molar-refractivity contribution >= 4 is 11.6 Å². The monoisotopic (exact) mass is 340 g/mol. The van der Waals surface area contributed by atoms with Gasteiger partial charge in [0.15, 0.2) is 0 Å². The van der Waals surface area contributed by atoms with Gasteiger partial charge in [-0.15, -0.1) is 0 Å². The first-order valence-electron chi connectivity index (χ1n) is 9.02. The van der Waals surface area contributed by atoms with Crippen LogP contribution in [0.15, 0.2) is 30.6 Å². The Morgan fingerprint density at radius 1 is 1.28 bits per heavy atom. The molecule has 0 bridgehead atoms. The first-order valence-corrected chi connectivity index (χ1v) is 9.02. The molecule has 1 aliphatic heterocycles. The second-order valence-electron chi connectivity index (χ2n) is 7.09. The minimum atomic E-state index is 0.251. The summed E-state index contributed by atoms with van der Waals surface area (Å²) in [7, 11) is 2.07. The lowest BCUT2D eigenvalue weighted by atomic mass is 9.99. The Morgan fingerprint density at radius 2 is 2.12 bits per heavy atom. The summed E-state index contributed by atoms with van der Waals surface area (Å²) >= 11 is 0. The Kier molecular flexibility index (Phi) is 5.53. The van der Waals surface area contributed by atoms with Crippen molar-refractivity contribution in [2.24, 2.45) is 5.92 Å². The van der Waals surface area contributed by atoms with Crippen LogP contribution in [-0.4, -0.2) is 41.8 Å². The average Bonchev–Trinajstić information content (AvgIpc) is 2.65. The lowest BCUT2D eigenvalue weighted by Gasteiger charge is -2.33. The summed E-state index contributed by atoms with van der Waals surface area (Å²) < 4.78 is 0. The van der Waals surface area contributed by atoms with Gasteiger partial charge in [0.05, 0.1) is 0 Å². The molecule has 3 rings (SSSR count). The maximum atomic E-state index is 9.44. The van der Waals surface area contributed by atoms with Gasteiger partial charge < -0.3 is 14.9 Å². The number of aryl methyl sites for hydroxylation is 1. The van der Waals surface area contributed by atoms with E-state index in [4.69, 9.17) is 0 Å². The van der Waals surface area contributed by atoms with E-state index in [1.165, 1.54) is 16.7 Å². The van der Waals surface area contributed by atoms with Crippen molar-refractivity contribution in [2.75, 3.05) is 36.5 Å². The summed E-state index contributed by atoms with van der Waals surface area (Å²) in [5.74, 6) is 2.23. The number of aliphatic hydroxyl groups is 1. The van der Waals surface area contributed by atoms with Gasteiger partial charge in [-0.3, -0.25) is 0 Å². The molecule has 2 aromatic rings. The zero-order valence-electron chi connectivity index (χ0n) is 15.4. The van der Waals surface area contributed by atoms with Crippen molar-refractivity contribution in [3.63, 3.8) is 0 Å². The first kappa shape index (κ1) is 17.7. The summed E-state index contributed by atoms with van der Waals surface area (Å²) in [4.78, 5) is 13.4. The fourth-order valence-corrected chi connectivity index (χ4v) is 3.46. The van der Waals surface area contributed by atoms with Crippen LogP contribution in [0.4, 0.5) is 11.6 Å². The Bertz CT molecular complexity index is 719. The summed E-state index contributed by atoms with van der Waals surface area (Å²) in [5.41, 5.74) is 3.98. The average molecular weight is 340 g/mol. The van der Waals surface area contributed by atoms with E-state index in [1.54, 1.807) is 6.33 Å². The third-order valence-corrected chi connectivity index (χ3v) is 5.25. The maximum Gasteiger partial charge on any atom is 0.134 e. The Labute approximate surface area is 150 Å². The predicted octanol–water partition coefficient (Wildman–Crippen LogP) is 2.94. The number of hydrogen-bond donors (Lipinski definition) is 1. The molecular weight excluding hydrogens is 312 g/mol. The smallest absolute Gasteiger partial charge is 0.134 e. The fourth-order valence-electron chi connectivity index (χ4n) is 3.46. The number of aliphatic hydroxyl groups excluding tert-OH is 1. The molecule has 5 nitrogen and oxygen atoms in total. The normalized spacial score (nSPS) is 17.6. The van der Waals surface area contributed by atoms with Crippen LogP contribution in [0.5, 0.6) is 0 Å². The van der Waals surface area contributed by atoms with E-state index in [-0.39, 0.29) is 6.61 Å². The van der Waals surface area contributed by atoms with Crippen LogP contribution in [-0.2, 0) is 6.54 Å². The molecule has 1 aromatic carbocycles. The second kappa shape index (κ2) is 7.83. The molecule has 1 atom stereocenters. The van der Waals surface area contributed by atoms with Gasteiger partial charge in [0.25, 0.3) is 0 Å². The Balaban J connectivity index is 1.75. The van der Waals surface area contributed by atoms with Crippen molar-refractivity contribution in [3.05, 3.63) is 47.3 Å². The quantitative estimate of drug-likeness (QED) is 0.907. The second-order valence-corrected chi connectivity index (χ2v) is 7.09. The molecule has 2 heterocycles. The van der Waals surface area contributed by atoms with Gasteiger partial charge in [-0.1, -0.05) is 18.2 Å². The molecule has 5 heteroatoms. The largest absolute Gasteiger partial charge is 0.396 e. The van der Waals surface area contributed by atoms with Crippen LogP contribution < -0.4 is 9.80 Å². The van der Waals surface area contributed by atoms with Gasteiger partial charge >= 0.3 is 0 Å². The van der Waals surface area contributed by atoms with Crippen LogP contribution in [0.3, 0.4) is 0 Å². The molecule has 0 spiro atoms. The minimum absolute atomic E-state index is 0.251. The highest BCUT2D eigenvalue weighted by Crippen LogP contribution is 2.24. The third kappa shape index (κ3) is 4.10.